The summed E-state index contributed by atoms with van der Waals surface area (Å²) >= 11 is 0. The monoisotopic (exact) mass is 1490 g/mol. The van der Waals surface area contributed by atoms with Gasteiger partial charge in [0.25, 0.3) is 0 Å². The van der Waals surface area contributed by atoms with Crippen LogP contribution < -0.4 is 18.3 Å². The van der Waals surface area contributed by atoms with E-state index in [1.54, 1.807) is 38.9 Å². The molecule has 0 saturated heterocycles. The molecule has 12 aromatic rings. The van der Waals surface area contributed by atoms with Crippen LogP contribution in [0.5, 0.6) is 0 Å². The standard InChI is InChI=1S/C28H32N.3C27H30N/c1-18-15-26(29(4)17-20(18)3)27-19(2)14-24(21-10-6-5-7-11-21)28-23-13-9-8-12-22(23)16-25(27)28;1-17-12-13-23-24(26(17)25-14-18(2)19(3)16-28(25)4)15-21-10-7-11-22(27(21)23)20-8-5-6-9-20;1-17-9-12-23-24-14-21(20-7-5-6-8-20)10-11-22(24)15-25(23)27(17)26-13-18(2)19(3)16-28(26)4;1-17-9-11-24-23-12-10-21(20-7-5-6-8-20)14-22(23)15-25(24)27(17)26-13-18(2)19(3)16-28(26)4/h8-9,12-15,17,21H,5-7,10-11,16H2,1-4H3;7,10-14,16,20H,5-6,8-9,15H2,1-4H3;2*9-14,16,20H,5-8,15H2,1-4H3/q4*+1. The molecule has 0 spiro atoms. The summed E-state index contributed by atoms with van der Waals surface area (Å²) in [4.78, 5) is 0. The summed E-state index contributed by atoms with van der Waals surface area (Å²) in [5.41, 5.74) is 58.0. The fourth-order valence-electron chi connectivity index (χ4n) is 22.1. The predicted octanol–water partition coefficient (Wildman–Crippen LogP) is 25.7. The zero-order valence-corrected chi connectivity index (χ0v) is 71.1. The summed E-state index contributed by atoms with van der Waals surface area (Å²) in [6, 6.07) is 56.9. The number of benzene rings is 8. The van der Waals surface area contributed by atoms with Crippen molar-refractivity contribution in [2.24, 2.45) is 28.2 Å². The number of aromatic nitrogens is 4. The molecule has 4 fully saturated rings. The molecule has 20 rings (SSSR count). The first-order valence-electron chi connectivity index (χ1n) is 43.5. The van der Waals surface area contributed by atoms with E-state index in [-0.39, 0.29) is 0 Å². The fraction of sp³-hybridized carbons (Fsp3) is 0.376. The van der Waals surface area contributed by atoms with E-state index >= 15 is 0 Å². The molecule has 0 bridgehead atoms. The van der Waals surface area contributed by atoms with Gasteiger partial charge in [0.2, 0.25) is 22.8 Å². The normalized spacial score (nSPS) is 15.8. The molecule has 8 aliphatic rings. The Morgan fingerprint density at radius 1 is 0.221 bits per heavy atom. The molecule has 4 nitrogen and oxygen atoms in total. The lowest BCUT2D eigenvalue weighted by molar-refractivity contribution is -0.660. The first kappa shape index (κ1) is 76.0. The highest BCUT2D eigenvalue weighted by Gasteiger charge is 2.36. The van der Waals surface area contributed by atoms with Crippen molar-refractivity contribution in [3.63, 3.8) is 0 Å². The molecule has 4 heterocycles. The first-order valence-corrected chi connectivity index (χ1v) is 43.5. The maximum Gasteiger partial charge on any atom is 0.213 e. The highest BCUT2D eigenvalue weighted by molar-refractivity contribution is 5.91. The molecular formula is C109H122N4+4. The number of rotatable bonds is 8. The van der Waals surface area contributed by atoms with Gasteiger partial charge in [-0.25, -0.2) is 18.3 Å². The Bertz CT molecular complexity index is 5770. The molecule has 8 aliphatic carbocycles. The molecule has 574 valence electrons. The number of nitrogens with zero attached hydrogens (tertiary/aromatic N) is 4. The Labute approximate surface area is 677 Å². The molecule has 4 heteroatoms. The fourth-order valence-corrected chi connectivity index (χ4v) is 22.1. The summed E-state index contributed by atoms with van der Waals surface area (Å²) in [7, 11) is 8.75. The highest BCUT2D eigenvalue weighted by atomic mass is 14.9. The lowest BCUT2D eigenvalue weighted by atomic mass is 9.78. The van der Waals surface area contributed by atoms with Crippen molar-refractivity contribution in [3.05, 3.63) is 304 Å². The molecule has 0 radical (unpaired) electrons. The van der Waals surface area contributed by atoms with Crippen molar-refractivity contribution >= 4 is 0 Å². The summed E-state index contributed by atoms with van der Waals surface area (Å²) in [6.07, 6.45) is 36.8. The second-order valence-corrected chi connectivity index (χ2v) is 36.3. The van der Waals surface area contributed by atoms with Gasteiger partial charge in [0.15, 0.2) is 24.8 Å². The van der Waals surface area contributed by atoms with E-state index in [9.17, 15) is 0 Å². The van der Waals surface area contributed by atoms with Gasteiger partial charge in [-0.3, -0.25) is 0 Å². The van der Waals surface area contributed by atoms with E-state index in [0.717, 1.165) is 49.4 Å². The van der Waals surface area contributed by atoms with E-state index in [1.807, 2.05) is 0 Å². The smallest absolute Gasteiger partial charge is 0.201 e. The lowest BCUT2D eigenvalue weighted by Gasteiger charge is -2.26. The molecule has 8 aromatic carbocycles. The molecule has 0 unspecified atom stereocenters. The SMILES string of the molecule is Cc1cc(-c2c(C)cc(C3CCCCC3)c3c2Cc2ccccc2-3)[n+](C)cc1C.Cc1cc(-c2c(C)ccc3c2Cc2cc(C4CCCC4)ccc2-3)[n+](C)cc1C.Cc1cc(-c2c(C)ccc3c2Cc2ccc(C4CCCC4)cc2-3)[n+](C)cc1C.Cc1cc(-c2c(C)ccc3c2Cc2cccc(C4CCCC4)c2-3)[n+](C)cc1C. The Morgan fingerprint density at radius 2 is 0.593 bits per heavy atom. The predicted molar refractivity (Wildman–Crippen MR) is 471 cm³/mol. The lowest BCUT2D eigenvalue weighted by Crippen LogP contribution is -2.32. The average Bonchev–Trinajstić information content (AvgIpc) is 1.59. The van der Waals surface area contributed by atoms with Crippen LogP contribution in [0.25, 0.3) is 89.5 Å². The Hall–Kier alpha value is -9.64. The van der Waals surface area contributed by atoms with Gasteiger partial charge in [-0.1, -0.05) is 179 Å². The van der Waals surface area contributed by atoms with Gasteiger partial charge in [-0.2, -0.15) is 0 Å². The summed E-state index contributed by atoms with van der Waals surface area (Å²) in [5, 5.41) is 0. The third-order valence-electron chi connectivity index (χ3n) is 28.8. The van der Waals surface area contributed by atoms with Crippen LogP contribution in [0.3, 0.4) is 0 Å². The highest BCUT2D eigenvalue weighted by Crippen LogP contribution is 2.53. The number of aryl methyl sites for hydroxylation is 16. The van der Waals surface area contributed by atoms with Gasteiger partial charge in [0.05, 0.1) is 22.3 Å². The van der Waals surface area contributed by atoms with Crippen molar-refractivity contribution in [2.45, 2.75) is 242 Å². The molecular weight excluding hydrogens is 1370 g/mol. The minimum Gasteiger partial charge on any atom is -0.201 e. The summed E-state index contributed by atoms with van der Waals surface area (Å²) in [5.74, 6) is 3.04. The molecule has 0 atom stereocenters. The van der Waals surface area contributed by atoms with Gasteiger partial charge >= 0.3 is 0 Å². The average molecular weight is 1490 g/mol. The van der Waals surface area contributed by atoms with Crippen molar-refractivity contribution in [1.29, 1.82) is 0 Å². The Balaban J connectivity index is 0.000000109. The van der Waals surface area contributed by atoms with Crippen LogP contribution in [0, 0.1) is 83.1 Å². The zero-order valence-electron chi connectivity index (χ0n) is 71.1. The van der Waals surface area contributed by atoms with Crippen LogP contribution in [0.1, 0.15) is 266 Å². The maximum atomic E-state index is 2.54. The van der Waals surface area contributed by atoms with Gasteiger partial charge in [-0.05, 0) is 340 Å². The van der Waals surface area contributed by atoms with E-state index in [1.165, 1.54) is 293 Å². The molecule has 0 N–H and O–H groups in total. The van der Waals surface area contributed by atoms with Gasteiger partial charge < -0.3 is 0 Å². The Kier molecular flexibility index (Phi) is 21.0. The van der Waals surface area contributed by atoms with E-state index < -0.39 is 0 Å². The zero-order chi connectivity index (χ0) is 78.4. The molecule has 0 aliphatic heterocycles. The largest absolute Gasteiger partial charge is 0.213 e. The summed E-state index contributed by atoms with van der Waals surface area (Å²) < 4.78 is 9.25. The molecule has 113 heavy (non-hydrogen) atoms. The van der Waals surface area contributed by atoms with E-state index in [2.05, 4.69) is 300 Å². The van der Waals surface area contributed by atoms with Crippen molar-refractivity contribution in [1.82, 2.24) is 0 Å². The Morgan fingerprint density at radius 3 is 1.11 bits per heavy atom. The number of fused-ring (bicyclic) bond motifs is 12. The topological polar surface area (TPSA) is 15.5 Å². The molecule has 4 saturated carbocycles. The third kappa shape index (κ3) is 14.2. The van der Waals surface area contributed by atoms with Crippen molar-refractivity contribution in [2.75, 3.05) is 0 Å². The number of hydrogen-bond acceptors (Lipinski definition) is 0. The van der Waals surface area contributed by atoms with Gasteiger partial charge in [-0.15, -0.1) is 0 Å². The number of pyridine rings is 4. The van der Waals surface area contributed by atoms with E-state index in [4.69, 9.17) is 0 Å². The van der Waals surface area contributed by atoms with Crippen molar-refractivity contribution in [3.8, 4) is 89.5 Å². The minimum absolute atomic E-state index is 0.727. The van der Waals surface area contributed by atoms with Crippen LogP contribution in [-0.4, -0.2) is 0 Å². The van der Waals surface area contributed by atoms with E-state index in [0.29, 0.717) is 0 Å². The first-order chi connectivity index (χ1) is 54.6. The van der Waals surface area contributed by atoms with Gasteiger partial charge in [0, 0.05) is 46.5 Å². The van der Waals surface area contributed by atoms with Crippen LogP contribution in [0.4, 0.5) is 0 Å². The van der Waals surface area contributed by atoms with Gasteiger partial charge in [0.1, 0.15) is 28.2 Å². The third-order valence-corrected chi connectivity index (χ3v) is 28.8. The van der Waals surface area contributed by atoms with Crippen LogP contribution in [0.2, 0.25) is 0 Å². The second kappa shape index (κ2) is 31.3. The quantitative estimate of drug-likeness (QED) is 0.135. The van der Waals surface area contributed by atoms with Crippen molar-refractivity contribution < 1.29 is 18.3 Å². The molecule has 4 aromatic heterocycles. The van der Waals surface area contributed by atoms with Crippen LogP contribution in [0.15, 0.2) is 170 Å². The minimum atomic E-state index is 0.727. The maximum absolute atomic E-state index is 2.54. The second-order valence-electron chi connectivity index (χ2n) is 36.3. The van der Waals surface area contributed by atoms with Crippen LogP contribution in [-0.2, 0) is 53.9 Å². The number of hydrogen-bond donors (Lipinski definition) is 0. The van der Waals surface area contributed by atoms with Crippen LogP contribution >= 0.6 is 0 Å². The summed E-state index contributed by atoms with van der Waals surface area (Å²) in [6.45, 7) is 26.8. The molecule has 0 amide bonds.